The van der Waals surface area contributed by atoms with E-state index in [4.69, 9.17) is 21.1 Å². The Labute approximate surface area is 214 Å². The summed E-state index contributed by atoms with van der Waals surface area (Å²) in [6.45, 7) is 4.34. The third-order valence-corrected chi connectivity index (χ3v) is 5.44. The Morgan fingerprint density at radius 3 is 2.28 bits per heavy atom. The molecule has 0 saturated carbocycles. The first-order chi connectivity index (χ1) is 17.2. The lowest BCUT2D eigenvalue weighted by Crippen LogP contribution is -2.13. The van der Waals surface area contributed by atoms with Gasteiger partial charge in [0.25, 0.3) is 5.91 Å². The van der Waals surface area contributed by atoms with Gasteiger partial charge in [0.1, 0.15) is 18.2 Å². The number of amides is 1. The molecule has 0 unspecified atom stereocenters. The zero-order valence-corrected chi connectivity index (χ0v) is 21.1. The molecule has 3 aromatic carbocycles. The van der Waals surface area contributed by atoms with Crippen LogP contribution in [0.1, 0.15) is 32.6 Å². The van der Waals surface area contributed by atoms with Crippen molar-refractivity contribution >= 4 is 35.2 Å². The number of aryl methyl sites for hydroxylation is 2. The Morgan fingerprint density at radius 2 is 1.69 bits per heavy atom. The molecule has 0 spiro atoms. The molecule has 0 heterocycles. The lowest BCUT2D eigenvalue weighted by atomic mass is 10.1. The highest BCUT2D eigenvalue weighted by atomic mass is 35.5. The number of esters is 1. The molecule has 0 aliphatic heterocycles. The molecular formula is C28H25ClN2O5. The number of nitriles is 1. The molecule has 1 N–H and O–H groups in total. The van der Waals surface area contributed by atoms with E-state index in [1.165, 1.54) is 32.4 Å². The second-order valence-corrected chi connectivity index (χ2v) is 8.42. The molecule has 0 saturated heterocycles. The van der Waals surface area contributed by atoms with Crippen LogP contribution in [0, 0.1) is 25.2 Å². The van der Waals surface area contributed by atoms with Crippen molar-refractivity contribution in [1.82, 2.24) is 0 Å². The lowest BCUT2D eigenvalue weighted by molar-refractivity contribution is -0.112. The summed E-state index contributed by atoms with van der Waals surface area (Å²) in [5, 5.41) is 12.5. The number of hydrogen-bond donors (Lipinski definition) is 1. The maximum atomic E-state index is 12.7. The Balaban J connectivity index is 1.79. The van der Waals surface area contributed by atoms with E-state index in [0.717, 1.165) is 16.7 Å². The molecule has 0 aliphatic rings. The predicted octanol–water partition coefficient (Wildman–Crippen LogP) is 5.88. The van der Waals surface area contributed by atoms with Gasteiger partial charge < -0.3 is 19.5 Å². The van der Waals surface area contributed by atoms with E-state index in [9.17, 15) is 14.9 Å². The molecule has 1 amide bonds. The Morgan fingerprint density at radius 1 is 1.03 bits per heavy atom. The molecule has 184 valence electrons. The van der Waals surface area contributed by atoms with Crippen LogP contribution in [0.15, 0.2) is 60.2 Å². The molecule has 0 aliphatic carbocycles. The van der Waals surface area contributed by atoms with E-state index in [2.05, 4.69) is 16.1 Å². The van der Waals surface area contributed by atoms with E-state index < -0.39 is 11.9 Å². The lowest BCUT2D eigenvalue weighted by Gasteiger charge is -2.14. The maximum Gasteiger partial charge on any atom is 0.337 e. The van der Waals surface area contributed by atoms with Crippen LogP contribution in [0.3, 0.4) is 0 Å². The molecule has 0 bridgehead atoms. The van der Waals surface area contributed by atoms with E-state index in [0.29, 0.717) is 34.9 Å². The summed E-state index contributed by atoms with van der Waals surface area (Å²) in [6.07, 6.45) is 1.40. The van der Waals surface area contributed by atoms with Gasteiger partial charge in [-0.1, -0.05) is 40.9 Å². The minimum Gasteiger partial charge on any atom is -0.493 e. The highest BCUT2D eigenvalue weighted by Gasteiger charge is 2.15. The van der Waals surface area contributed by atoms with Gasteiger partial charge in [-0.15, -0.1) is 0 Å². The highest BCUT2D eigenvalue weighted by Crippen LogP contribution is 2.37. The van der Waals surface area contributed by atoms with E-state index in [1.807, 2.05) is 32.0 Å². The molecule has 7 nitrogen and oxygen atoms in total. The number of nitrogens with zero attached hydrogens (tertiary/aromatic N) is 1. The summed E-state index contributed by atoms with van der Waals surface area (Å²) in [5.41, 5.74) is 4.37. The molecule has 0 fully saturated rings. The summed E-state index contributed by atoms with van der Waals surface area (Å²) < 4.78 is 16.1. The largest absolute Gasteiger partial charge is 0.493 e. The first kappa shape index (κ1) is 26.3. The monoisotopic (exact) mass is 504 g/mol. The molecule has 36 heavy (non-hydrogen) atoms. The van der Waals surface area contributed by atoms with Crippen LogP contribution < -0.4 is 14.8 Å². The number of carbonyl (C=O) groups excluding carboxylic acids is 2. The molecule has 0 aromatic heterocycles. The van der Waals surface area contributed by atoms with Crippen molar-refractivity contribution in [2.45, 2.75) is 20.5 Å². The number of ether oxygens (including phenoxy) is 3. The van der Waals surface area contributed by atoms with Crippen LogP contribution in [0.2, 0.25) is 5.02 Å². The predicted molar refractivity (Wildman–Crippen MR) is 138 cm³/mol. The summed E-state index contributed by atoms with van der Waals surface area (Å²) in [7, 11) is 2.77. The van der Waals surface area contributed by atoms with Crippen molar-refractivity contribution in [2.24, 2.45) is 0 Å². The summed E-state index contributed by atoms with van der Waals surface area (Å²) >= 11 is 6.47. The second kappa shape index (κ2) is 11.9. The minimum atomic E-state index is -0.617. The van der Waals surface area contributed by atoms with Crippen molar-refractivity contribution in [3.8, 4) is 17.6 Å². The summed E-state index contributed by atoms with van der Waals surface area (Å²) in [4.78, 5) is 24.2. The Hall–Kier alpha value is -4.28. The number of methoxy groups -OCH3 is 2. The van der Waals surface area contributed by atoms with Crippen molar-refractivity contribution < 1.29 is 23.8 Å². The number of nitrogens with one attached hydrogen (secondary N) is 1. The van der Waals surface area contributed by atoms with E-state index >= 15 is 0 Å². The van der Waals surface area contributed by atoms with Crippen LogP contribution in [-0.4, -0.2) is 26.1 Å². The molecule has 0 atom stereocenters. The SMILES string of the molecule is COC(=O)c1ccc(NC(=O)/C(C#N)=C/c2cc(Cl)c(OCc3cc(C)cc(C)c3)c(OC)c2)cc1. The van der Waals surface area contributed by atoms with Crippen molar-refractivity contribution in [2.75, 3.05) is 19.5 Å². The van der Waals surface area contributed by atoms with Gasteiger partial charge >= 0.3 is 5.97 Å². The van der Waals surface area contributed by atoms with Crippen molar-refractivity contribution in [3.05, 3.63) is 93.0 Å². The molecule has 3 aromatic rings. The summed E-state index contributed by atoms with van der Waals surface area (Å²) in [6, 6.07) is 17.4. The first-order valence-electron chi connectivity index (χ1n) is 10.9. The quantitative estimate of drug-likeness (QED) is 0.234. The minimum absolute atomic E-state index is 0.144. The standard InChI is InChI=1S/C28H25ClN2O5/c1-17-9-18(2)11-20(10-17)16-36-26-24(29)13-19(14-25(26)34-3)12-22(15-30)27(32)31-23-7-5-21(6-8-23)28(33)35-4/h5-14H,16H2,1-4H3,(H,31,32)/b22-12+. The van der Waals surface area contributed by atoms with Gasteiger partial charge in [-0.25, -0.2) is 4.79 Å². The topological polar surface area (TPSA) is 97.7 Å². The van der Waals surface area contributed by atoms with Crippen LogP contribution in [0.25, 0.3) is 6.08 Å². The zero-order valence-electron chi connectivity index (χ0n) is 20.3. The average molecular weight is 505 g/mol. The Kier molecular flexibility index (Phi) is 8.71. The summed E-state index contributed by atoms with van der Waals surface area (Å²) in [5.74, 6) is -0.371. The van der Waals surface area contributed by atoms with E-state index in [1.54, 1.807) is 24.3 Å². The number of benzene rings is 3. The van der Waals surface area contributed by atoms with Crippen LogP contribution in [-0.2, 0) is 16.1 Å². The molecular weight excluding hydrogens is 480 g/mol. The fourth-order valence-corrected chi connectivity index (χ4v) is 3.87. The molecule has 8 heteroatoms. The van der Waals surface area contributed by atoms with Gasteiger partial charge in [0.15, 0.2) is 11.5 Å². The number of carbonyl (C=O) groups is 2. The third-order valence-electron chi connectivity index (χ3n) is 5.16. The van der Waals surface area contributed by atoms with Crippen LogP contribution in [0.4, 0.5) is 5.69 Å². The van der Waals surface area contributed by atoms with Crippen LogP contribution >= 0.6 is 11.6 Å². The number of rotatable bonds is 8. The number of anilines is 1. The van der Waals surface area contributed by atoms with Crippen LogP contribution in [0.5, 0.6) is 11.5 Å². The number of halogens is 1. The fourth-order valence-electron chi connectivity index (χ4n) is 3.59. The van der Waals surface area contributed by atoms with Gasteiger partial charge in [0.05, 0.1) is 24.8 Å². The van der Waals surface area contributed by atoms with Gasteiger partial charge in [-0.05, 0) is 67.4 Å². The molecule has 0 radical (unpaired) electrons. The smallest absolute Gasteiger partial charge is 0.337 e. The van der Waals surface area contributed by atoms with Gasteiger partial charge in [-0.2, -0.15) is 5.26 Å². The van der Waals surface area contributed by atoms with Crippen molar-refractivity contribution in [3.63, 3.8) is 0 Å². The highest BCUT2D eigenvalue weighted by molar-refractivity contribution is 6.32. The molecule has 3 rings (SSSR count). The first-order valence-corrected chi connectivity index (χ1v) is 11.3. The second-order valence-electron chi connectivity index (χ2n) is 8.01. The number of hydrogen-bond acceptors (Lipinski definition) is 6. The van der Waals surface area contributed by atoms with Gasteiger partial charge in [-0.3, -0.25) is 4.79 Å². The van der Waals surface area contributed by atoms with Crippen molar-refractivity contribution in [1.29, 1.82) is 5.26 Å². The average Bonchev–Trinajstić information content (AvgIpc) is 2.85. The van der Waals surface area contributed by atoms with Gasteiger partial charge in [0.2, 0.25) is 0 Å². The fraction of sp³-hybridized carbons (Fsp3) is 0.179. The normalized spacial score (nSPS) is 10.8. The Bertz CT molecular complexity index is 1340. The maximum absolute atomic E-state index is 12.7. The third kappa shape index (κ3) is 6.65. The van der Waals surface area contributed by atoms with Gasteiger partial charge in [0, 0.05) is 5.69 Å². The zero-order chi connectivity index (χ0) is 26.2. The van der Waals surface area contributed by atoms with E-state index in [-0.39, 0.29) is 10.6 Å².